The van der Waals surface area contributed by atoms with Gasteiger partial charge < -0.3 is 24.6 Å². The van der Waals surface area contributed by atoms with E-state index in [9.17, 15) is 9.90 Å². The topological polar surface area (TPSA) is 79.2 Å². The Hall–Kier alpha value is -0.690. The summed E-state index contributed by atoms with van der Waals surface area (Å²) in [4.78, 5) is 12.4. The molecular weight excluding hydrogens is 238 g/mol. The van der Waals surface area contributed by atoms with Crippen LogP contribution in [0.4, 0.5) is 0 Å². The van der Waals surface area contributed by atoms with Gasteiger partial charge in [-0.15, -0.1) is 0 Å². The van der Waals surface area contributed by atoms with Crippen molar-refractivity contribution in [2.24, 2.45) is 0 Å². The third-order valence-electron chi connectivity index (χ3n) is 2.53. The van der Waals surface area contributed by atoms with Gasteiger partial charge in [0, 0.05) is 20.2 Å². The molecule has 0 rings (SSSR count). The van der Waals surface area contributed by atoms with Crippen LogP contribution in [0.5, 0.6) is 0 Å². The molecule has 0 spiro atoms. The van der Waals surface area contributed by atoms with Gasteiger partial charge in [-0.05, 0) is 13.5 Å². The van der Waals surface area contributed by atoms with Crippen LogP contribution in [-0.4, -0.2) is 73.2 Å². The number of carboxylic acid groups (broad SMARTS) is 1. The van der Waals surface area contributed by atoms with Crippen LogP contribution in [0.1, 0.15) is 20.3 Å². The standard InChI is InChI=1S/C12H25NO5/c1-4-13(6-5-12(15)16)7-11(14)9-18-10(2)8-17-3/h10-11,14H,4-9H2,1-3H3,(H,15,16). The number of hydrogen-bond acceptors (Lipinski definition) is 5. The molecule has 0 saturated carbocycles. The second kappa shape index (κ2) is 10.3. The fraction of sp³-hybridized carbons (Fsp3) is 0.917. The number of nitrogens with zero attached hydrogens (tertiary/aromatic N) is 1. The smallest absolute Gasteiger partial charge is 0.304 e. The van der Waals surface area contributed by atoms with Crippen LogP contribution in [0.2, 0.25) is 0 Å². The Morgan fingerprint density at radius 3 is 2.56 bits per heavy atom. The van der Waals surface area contributed by atoms with E-state index < -0.39 is 12.1 Å². The van der Waals surface area contributed by atoms with E-state index in [2.05, 4.69) is 0 Å². The molecule has 0 bridgehead atoms. The van der Waals surface area contributed by atoms with Gasteiger partial charge in [-0.25, -0.2) is 0 Å². The fourth-order valence-corrected chi connectivity index (χ4v) is 1.54. The third kappa shape index (κ3) is 9.35. The average molecular weight is 263 g/mol. The lowest BCUT2D eigenvalue weighted by Crippen LogP contribution is -2.37. The van der Waals surface area contributed by atoms with E-state index in [0.29, 0.717) is 26.2 Å². The van der Waals surface area contributed by atoms with Crippen molar-refractivity contribution >= 4 is 5.97 Å². The Morgan fingerprint density at radius 2 is 2.06 bits per heavy atom. The number of aliphatic carboxylic acids is 1. The highest BCUT2D eigenvalue weighted by atomic mass is 16.5. The SMILES string of the molecule is CCN(CCC(=O)O)CC(O)COC(C)COC. The van der Waals surface area contributed by atoms with E-state index >= 15 is 0 Å². The number of methoxy groups -OCH3 is 1. The Morgan fingerprint density at radius 1 is 1.39 bits per heavy atom. The van der Waals surface area contributed by atoms with Crippen LogP contribution in [0.25, 0.3) is 0 Å². The molecule has 0 aromatic heterocycles. The summed E-state index contributed by atoms with van der Waals surface area (Å²) in [5.74, 6) is -0.826. The summed E-state index contributed by atoms with van der Waals surface area (Å²) >= 11 is 0. The van der Waals surface area contributed by atoms with E-state index in [-0.39, 0.29) is 19.1 Å². The lowest BCUT2D eigenvalue weighted by molar-refractivity contribution is -0.137. The van der Waals surface area contributed by atoms with Crippen molar-refractivity contribution in [2.45, 2.75) is 32.5 Å². The lowest BCUT2D eigenvalue weighted by atomic mass is 10.3. The fourth-order valence-electron chi connectivity index (χ4n) is 1.54. The van der Waals surface area contributed by atoms with Crippen LogP contribution in [0.3, 0.4) is 0 Å². The van der Waals surface area contributed by atoms with Crippen LogP contribution in [0, 0.1) is 0 Å². The monoisotopic (exact) mass is 263 g/mol. The molecule has 0 amide bonds. The second-order valence-corrected chi connectivity index (χ2v) is 4.29. The minimum atomic E-state index is -0.826. The van der Waals surface area contributed by atoms with Crippen molar-refractivity contribution in [1.82, 2.24) is 4.90 Å². The molecule has 2 unspecified atom stereocenters. The summed E-state index contributed by atoms with van der Waals surface area (Å²) in [5, 5.41) is 18.4. The predicted molar refractivity (Wildman–Crippen MR) is 67.7 cm³/mol. The Labute approximate surface area is 108 Å². The molecule has 6 heteroatoms. The molecule has 0 fully saturated rings. The van der Waals surface area contributed by atoms with E-state index in [4.69, 9.17) is 14.6 Å². The van der Waals surface area contributed by atoms with Gasteiger partial charge in [0.1, 0.15) is 0 Å². The highest BCUT2D eigenvalue weighted by molar-refractivity contribution is 5.66. The number of carboxylic acids is 1. The van der Waals surface area contributed by atoms with E-state index in [1.807, 2.05) is 18.7 Å². The van der Waals surface area contributed by atoms with Crippen molar-refractivity contribution in [3.05, 3.63) is 0 Å². The first-order valence-corrected chi connectivity index (χ1v) is 6.22. The number of aliphatic hydroxyl groups is 1. The van der Waals surface area contributed by atoms with E-state index in [1.165, 1.54) is 0 Å². The van der Waals surface area contributed by atoms with Crippen LogP contribution in [-0.2, 0) is 14.3 Å². The molecule has 6 nitrogen and oxygen atoms in total. The minimum Gasteiger partial charge on any atom is -0.481 e. The zero-order valence-corrected chi connectivity index (χ0v) is 11.5. The summed E-state index contributed by atoms with van der Waals surface area (Å²) < 4.78 is 10.3. The van der Waals surface area contributed by atoms with Crippen molar-refractivity contribution < 1.29 is 24.5 Å². The summed E-state index contributed by atoms with van der Waals surface area (Å²) in [5.41, 5.74) is 0. The molecule has 0 aromatic carbocycles. The number of hydrogen-bond donors (Lipinski definition) is 2. The molecule has 0 aliphatic carbocycles. The molecule has 108 valence electrons. The van der Waals surface area contributed by atoms with Gasteiger partial charge in [0.2, 0.25) is 0 Å². The van der Waals surface area contributed by atoms with Gasteiger partial charge in [0.05, 0.1) is 31.8 Å². The molecule has 2 N–H and O–H groups in total. The average Bonchev–Trinajstić information content (AvgIpc) is 2.32. The maximum Gasteiger partial charge on any atom is 0.304 e. The first-order chi connectivity index (χ1) is 8.49. The van der Waals surface area contributed by atoms with Crippen molar-refractivity contribution in [2.75, 3.05) is 40.0 Å². The number of aliphatic hydroxyl groups excluding tert-OH is 1. The van der Waals surface area contributed by atoms with Gasteiger partial charge in [-0.2, -0.15) is 0 Å². The highest BCUT2D eigenvalue weighted by Gasteiger charge is 2.13. The Balaban J connectivity index is 3.81. The minimum absolute atomic E-state index is 0.0567. The maximum atomic E-state index is 10.5. The number of rotatable bonds is 11. The molecule has 2 atom stereocenters. The maximum absolute atomic E-state index is 10.5. The third-order valence-corrected chi connectivity index (χ3v) is 2.53. The zero-order valence-electron chi connectivity index (χ0n) is 11.5. The predicted octanol–water partition coefficient (Wildman–Crippen LogP) is 0.195. The molecule has 0 aromatic rings. The van der Waals surface area contributed by atoms with Crippen LogP contribution >= 0.6 is 0 Å². The Bertz CT molecular complexity index is 225. The lowest BCUT2D eigenvalue weighted by Gasteiger charge is -2.23. The molecule has 0 aliphatic heterocycles. The normalized spacial score (nSPS) is 14.7. The van der Waals surface area contributed by atoms with Crippen molar-refractivity contribution in [3.8, 4) is 0 Å². The molecule has 18 heavy (non-hydrogen) atoms. The van der Waals surface area contributed by atoms with Gasteiger partial charge in [-0.1, -0.05) is 6.92 Å². The van der Waals surface area contributed by atoms with Crippen molar-refractivity contribution in [3.63, 3.8) is 0 Å². The second-order valence-electron chi connectivity index (χ2n) is 4.29. The highest BCUT2D eigenvalue weighted by Crippen LogP contribution is 1.98. The quantitative estimate of drug-likeness (QED) is 0.554. The summed E-state index contributed by atoms with van der Waals surface area (Å²) in [6.45, 7) is 6.09. The zero-order chi connectivity index (χ0) is 14.0. The molecule has 0 saturated heterocycles. The number of likely N-dealkylation sites (N-methyl/N-ethyl adjacent to an activating group) is 1. The van der Waals surface area contributed by atoms with Gasteiger partial charge in [-0.3, -0.25) is 4.79 Å². The first kappa shape index (κ1) is 17.3. The summed E-state index contributed by atoms with van der Waals surface area (Å²) in [6.07, 6.45) is -0.585. The summed E-state index contributed by atoms with van der Waals surface area (Å²) in [6, 6.07) is 0. The van der Waals surface area contributed by atoms with Gasteiger partial charge in [0.15, 0.2) is 0 Å². The van der Waals surface area contributed by atoms with E-state index in [1.54, 1.807) is 7.11 Å². The molecule has 0 radical (unpaired) electrons. The molecule has 0 aliphatic rings. The van der Waals surface area contributed by atoms with Crippen LogP contribution < -0.4 is 0 Å². The summed E-state index contributed by atoms with van der Waals surface area (Å²) in [7, 11) is 1.60. The largest absolute Gasteiger partial charge is 0.481 e. The molecule has 0 heterocycles. The number of ether oxygens (including phenoxy) is 2. The Kier molecular flexibility index (Phi) is 9.86. The van der Waals surface area contributed by atoms with Gasteiger partial charge >= 0.3 is 5.97 Å². The molecular formula is C12H25NO5. The first-order valence-electron chi connectivity index (χ1n) is 6.22. The van der Waals surface area contributed by atoms with Crippen molar-refractivity contribution in [1.29, 1.82) is 0 Å². The van der Waals surface area contributed by atoms with E-state index in [0.717, 1.165) is 0 Å². The van der Waals surface area contributed by atoms with Gasteiger partial charge in [0.25, 0.3) is 0 Å². The number of carbonyl (C=O) groups is 1. The van der Waals surface area contributed by atoms with Crippen LogP contribution in [0.15, 0.2) is 0 Å².